The van der Waals surface area contributed by atoms with Crippen LogP contribution in [0.3, 0.4) is 0 Å². The Hall–Kier alpha value is -1.30. The maximum Gasteiger partial charge on any atom is 0.168 e. The van der Waals surface area contributed by atoms with Crippen LogP contribution in [0.15, 0.2) is 24.3 Å². The SMILES string of the molecule is COc1ccccc1-c1nnc2n1C1CNCC1CC2.Cl.Cl. The first-order valence-electron chi connectivity index (χ1n) is 7.16. The highest BCUT2D eigenvalue weighted by Crippen LogP contribution is 2.38. The van der Waals surface area contributed by atoms with Crippen LogP contribution in [0.25, 0.3) is 11.4 Å². The maximum absolute atomic E-state index is 5.47. The van der Waals surface area contributed by atoms with Gasteiger partial charge in [-0.1, -0.05) is 12.1 Å². The van der Waals surface area contributed by atoms with E-state index in [1.165, 1.54) is 6.42 Å². The van der Waals surface area contributed by atoms with Crippen molar-refractivity contribution in [1.82, 2.24) is 20.1 Å². The minimum absolute atomic E-state index is 0. The predicted octanol–water partition coefficient (Wildman–Crippen LogP) is 2.50. The Morgan fingerprint density at radius 1 is 1.18 bits per heavy atom. The van der Waals surface area contributed by atoms with Crippen LogP contribution in [0, 0.1) is 5.92 Å². The van der Waals surface area contributed by atoms with Gasteiger partial charge in [0.1, 0.15) is 11.6 Å². The topological polar surface area (TPSA) is 52.0 Å². The molecule has 0 aliphatic carbocycles. The van der Waals surface area contributed by atoms with Gasteiger partial charge in [0.2, 0.25) is 0 Å². The van der Waals surface area contributed by atoms with E-state index in [0.717, 1.165) is 42.5 Å². The molecule has 1 saturated heterocycles. The minimum atomic E-state index is 0. The number of ether oxygens (including phenoxy) is 1. The highest BCUT2D eigenvalue weighted by atomic mass is 35.5. The highest BCUT2D eigenvalue weighted by molar-refractivity contribution is 5.85. The molecule has 2 aliphatic heterocycles. The molecular formula is C15H20Cl2N4O. The van der Waals surface area contributed by atoms with Crippen molar-refractivity contribution < 1.29 is 4.74 Å². The Labute approximate surface area is 142 Å². The summed E-state index contributed by atoms with van der Waals surface area (Å²) in [5.74, 6) is 3.61. The first-order chi connectivity index (χ1) is 9.88. The number of aromatic nitrogens is 3. The van der Waals surface area contributed by atoms with Crippen LogP contribution in [-0.2, 0) is 6.42 Å². The molecule has 0 radical (unpaired) electrons. The lowest BCUT2D eigenvalue weighted by atomic mass is 9.93. The lowest BCUT2D eigenvalue weighted by Gasteiger charge is -2.27. The number of hydrogen-bond donors (Lipinski definition) is 1. The molecular weight excluding hydrogens is 323 g/mol. The molecule has 2 aliphatic rings. The van der Waals surface area contributed by atoms with E-state index in [4.69, 9.17) is 4.74 Å². The molecule has 120 valence electrons. The summed E-state index contributed by atoms with van der Waals surface area (Å²) < 4.78 is 7.80. The van der Waals surface area contributed by atoms with Gasteiger partial charge in [0.25, 0.3) is 0 Å². The van der Waals surface area contributed by atoms with Crippen LogP contribution in [0.4, 0.5) is 0 Å². The van der Waals surface area contributed by atoms with Crippen molar-refractivity contribution in [2.75, 3.05) is 20.2 Å². The third kappa shape index (κ3) is 2.57. The van der Waals surface area contributed by atoms with Crippen molar-refractivity contribution in [1.29, 1.82) is 0 Å². The summed E-state index contributed by atoms with van der Waals surface area (Å²) in [5.41, 5.74) is 1.03. The Balaban J connectivity index is 0.000000882. The number of methoxy groups -OCH3 is 1. The highest BCUT2D eigenvalue weighted by Gasteiger charge is 2.36. The summed E-state index contributed by atoms with van der Waals surface area (Å²) in [7, 11) is 1.70. The van der Waals surface area contributed by atoms with Crippen molar-refractivity contribution in [2.24, 2.45) is 5.92 Å². The number of nitrogens with one attached hydrogen (secondary N) is 1. The van der Waals surface area contributed by atoms with Crippen molar-refractivity contribution >= 4 is 24.8 Å². The summed E-state index contributed by atoms with van der Waals surface area (Å²) in [6.45, 7) is 2.12. The standard InChI is InChI=1S/C15H18N4O.2ClH/c1-20-13-5-3-2-4-11(13)15-18-17-14-7-6-10-8-16-9-12(10)19(14)15;;/h2-5,10,12,16H,6-9H2,1H3;2*1H. The summed E-state index contributed by atoms with van der Waals surface area (Å²) in [6, 6.07) is 8.52. The summed E-state index contributed by atoms with van der Waals surface area (Å²) in [6.07, 6.45) is 2.23. The lowest BCUT2D eigenvalue weighted by molar-refractivity contribution is 0.338. The summed E-state index contributed by atoms with van der Waals surface area (Å²) >= 11 is 0. The molecule has 0 amide bonds. The zero-order valence-electron chi connectivity index (χ0n) is 12.4. The number of fused-ring (bicyclic) bond motifs is 3. The van der Waals surface area contributed by atoms with Gasteiger partial charge in [-0.3, -0.25) is 0 Å². The number of halogens is 2. The van der Waals surface area contributed by atoms with Crippen molar-refractivity contribution in [3.63, 3.8) is 0 Å². The molecule has 1 aromatic carbocycles. The zero-order chi connectivity index (χ0) is 13.5. The lowest BCUT2D eigenvalue weighted by Crippen LogP contribution is -2.26. The molecule has 7 heteroatoms. The van der Waals surface area contributed by atoms with Crippen LogP contribution >= 0.6 is 24.8 Å². The van der Waals surface area contributed by atoms with E-state index in [1.807, 2.05) is 18.2 Å². The van der Waals surface area contributed by atoms with Crippen LogP contribution in [0.2, 0.25) is 0 Å². The quantitative estimate of drug-likeness (QED) is 0.910. The summed E-state index contributed by atoms with van der Waals surface area (Å²) in [5, 5.41) is 12.3. The zero-order valence-corrected chi connectivity index (χ0v) is 14.0. The van der Waals surface area contributed by atoms with E-state index >= 15 is 0 Å². The van der Waals surface area contributed by atoms with Crippen molar-refractivity contribution in [3.05, 3.63) is 30.1 Å². The fourth-order valence-electron chi connectivity index (χ4n) is 3.49. The van der Waals surface area contributed by atoms with Gasteiger partial charge in [-0.25, -0.2) is 0 Å². The molecule has 2 atom stereocenters. The molecule has 22 heavy (non-hydrogen) atoms. The molecule has 2 aromatic rings. The van der Waals surface area contributed by atoms with Gasteiger partial charge < -0.3 is 14.6 Å². The number of para-hydroxylation sites is 1. The van der Waals surface area contributed by atoms with Gasteiger partial charge in [-0.2, -0.15) is 0 Å². The smallest absolute Gasteiger partial charge is 0.168 e. The minimum Gasteiger partial charge on any atom is -0.496 e. The molecule has 5 nitrogen and oxygen atoms in total. The molecule has 1 aromatic heterocycles. The second-order valence-corrected chi connectivity index (χ2v) is 5.53. The number of rotatable bonds is 2. The average Bonchev–Trinajstić information content (AvgIpc) is 3.12. The molecule has 0 saturated carbocycles. The van der Waals surface area contributed by atoms with Crippen molar-refractivity contribution in [2.45, 2.75) is 18.9 Å². The largest absolute Gasteiger partial charge is 0.496 e. The summed E-state index contributed by atoms with van der Waals surface area (Å²) in [4.78, 5) is 0. The van der Waals surface area contributed by atoms with E-state index in [0.29, 0.717) is 12.0 Å². The van der Waals surface area contributed by atoms with E-state index in [1.54, 1.807) is 7.11 Å². The Bertz CT molecular complexity index is 646. The number of aryl methyl sites for hydroxylation is 1. The van der Waals surface area contributed by atoms with Crippen LogP contribution in [0.5, 0.6) is 5.75 Å². The second-order valence-electron chi connectivity index (χ2n) is 5.53. The monoisotopic (exact) mass is 342 g/mol. The second kappa shape index (κ2) is 6.86. The van der Waals surface area contributed by atoms with Gasteiger partial charge in [-0.15, -0.1) is 35.0 Å². The van der Waals surface area contributed by atoms with E-state index in [-0.39, 0.29) is 24.8 Å². The third-order valence-corrected chi connectivity index (χ3v) is 4.49. The van der Waals surface area contributed by atoms with Crippen LogP contribution in [-0.4, -0.2) is 35.0 Å². The van der Waals surface area contributed by atoms with E-state index in [2.05, 4.69) is 26.1 Å². The maximum atomic E-state index is 5.47. The molecule has 0 spiro atoms. The first kappa shape index (κ1) is 17.1. The van der Waals surface area contributed by atoms with Gasteiger partial charge in [0, 0.05) is 19.5 Å². The molecule has 4 rings (SSSR count). The molecule has 3 heterocycles. The van der Waals surface area contributed by atoms with Gasteiger partial charge in [0.05, 0.1) is 18.7 Å². The van der Waals surface area contributed by atoms with E-state index in [9.17, 15) is 0 Å². The number of benzene rings is 1. The van der Waals surface area contributed by atoms with E-state index < -0.39 is 0 Å². The number of hydrogen-bond acceptors (Lipinski definition) is 4. The Morgan fingerprint density at radius 2 is 2.00 bits per heavy atom. The molecule has 0 bridgehead atoms. The predicted molar refractivity (Wildman–Crippen MR) is 90.2 cm³/mol. The molecule has 1 fully saturated rings. The Morgan fingerprint density at radius 3 is 2.82 bits per heavy atom. The normalized spacial score (nSPS) is 22.0. The van der Waals surface area contributed by atoms with Gasteiger partial charge in [-0.05, 0) is 24.5 Å². The van der Waals surface area contributed by atoms with Crippen molar-refractivity contribution in [3.8, 4) is 17.1 Å². The van der Waals surface area contributed by atoms with Crippen LogP contribution < -0.4 is 10.1 Å². The fraction of sp³-hybridized carbons (Fsp3) is 0.467. The van der Waals surface area contributed by atoms with Gasteiger partial charge in [0.15, 0.2) is 5.82 Å². The number of nitrogens with zero attached hydrogens (tertiary/aromatic N) is 3. The molecule has 1 N–H and O–H groups in total. The fourth-order valence-corrected chi connectivity index (χ4v) is 3.49. The Kier molecular flexibility index (Phi) is 5.32. The molecule has 2 unspecified atom stereocenters. The first-order valence-corrected chi connectivity index (χ1v) is 7.16. The third-order valence-electron chi connectivity index (χ3n) is 4.49. The average molecular weight is 343 g/mol. The van der Waals surface area contributed by atoms with Crippen LogP contribution in [0.1, 0.15) is 18.3 Å². The van der Waals surface area contributed by atoms with Gasteiger partial charge >= 0.3 is 0 Å².